The van der Waals surface area contributed by atoms with Crippen LogP contribution in [0.4, 0.5) is 18.4 Å². The fraction of sp³-hybridized carbons (Fsp3) is 0.417. The highest BCUT2D eigenvalue weighted by molar-refractivity contribution is 5.85. The molecule has 5 rings (SSSR count). The lowest BCUT2D eigenvalue weighted by Crippen LogP contribution is -2.47. The zero-order valence-electron chi connectivity index (χ0n) is 18.1. The van der Waals surface area contributed by atoms with E-state index < -0.39 is 35.8 Å². The molecule has 0 heterocycles. The number of benzene rings is 2. The second-order valence-electron chi connectivity index (χ2n) is 8.99. The number of nitrogens with two attached hydrogens (primary N) is 1. The molecule has 0 amide bonds. The minimum Gasteiger partial charge on any atom is -0.430 e. The van der Waals surface area contributed by atoms with E-state index in [0.717, 1.165) is 12.8 Å². The highest BCUT2D eigenvalue weighted by Gasteiger charge is 2.81. The number of carbonyl (C=O) groups excluding carboxylic acids is 2. The Bertz CT molecular complexity index is 1100. The van der Waals surface area contributed by atoms with E-state index in [1.54, 1.807) is 18.2 Å². The largest absolute Gasteiger partial charge is 0.510 e. The minimum atomic E-state index is -1.36. The van der Waals surface area contributed by atoms with Crippen LogP contribution >= 0.6 is 12.4 Å². The van der Waals surface area contributed by atoms with Gasteiger partial charge in [-0.3, -0.25) is 5.73 Å². The van der Waals surface area contributed by atoms with Gasteiger partial charge in [-0.25, -0.2) is 18.4 Å². The van der Waals surface area contributed by atoms with Crippen LogP contribution in [0.5, 0.6) is 0 Å². The van der Waals surface area contributed by atoms with Crippen molar-refractivity contribution in [3.8, 4) is 0 Å². The summed E-state index contributed by atoms with van der Waals surface area (Å²) in [6.45, 7) is -0.547. The summed E-state index contributed by atoms with van der Waals surface area (Å²) in [6, 6.07) is 11.9. The Hall–Kier alpha value is -2.91. The van der Waals surface area contributed by atoms with E-state index in [1.165, 1.54) is 30.3 Å². The first-order valence-electron chi connectivity index (χ1n) is 10.8. The number of hydrogen-bond donors (Lipinski definition) is 1. The van der Waals surface area contributed by atoms with Crippen molar-refractivity contribution in [2.24, 2.45) is 23.0 Å². The van der Waals surface area contributed by atoms with Gasteiger partial charge in [0.25, 0.3) is 0 Å². The van der Waals surface area contributed by atoms with Crippen molar-refractivity contribution >= 4 is 24.7 Å². The van der Waals surface area contributed by atoms with Gasteiger partial charge in [-0.15, -0.1) is 12.4 Å². The fourth-order valence-electron chi connectivity index (χ4n) is 5.14. The van der Waals surface area contributed by atoms with E-state index in [2.05, 4.69) is 0 Å². The number of rotatable bonds is 6. The van der Waals surface area contributed by atoms with E-state index in [4.69, 9.17) is 24.7 Å². The fourth-order valence-corrected chi connectivity index (χ4v) is 5.14. The van der Waals surface area contributed by atoms with Gasteiger partial charge in [0, 0.05) is 23.5 Å². The van der Waals surface area contributed by atoms with Gasteiger partial charge in [0.05, 0.1) is 5.92 Å². The molecule has 3 fully saturated rings. The molecule has 2 N–H and O–H groups in total. The Balaban J connectivity index is 0.00000274. The molecule has 0 bridgehead atoms. The highest BCUT2D eigenvalue weighted by atomic mass is 35.5. The summed E-state index contributed by atoms with van der Waals surface area (Å²) in [6.07, 6.45) is -0.272. The topological polar surface area (TPSA) is 97.1 Å². The first-order chi connectivity index (χ1) is 15.8. The quantitative estimate of drug-likeness (QED) is 0.452. The third-order valence-corrected chi connectivity index (χ3v) is 6.86. The van der Waals surface area contributed by atoms with Gasteiger partial charge in [0.15, 0.2) is 5.72 Å². The van der Waals surface area contributed by atoms with Crippen molar-refractivity contribution in [1.29, 1.82) is 0 Å². The molecule has 3 saturated carbocycles. The molecule has 0 radical (unpaired) electrons. The van der Waals surface area contributed by atoms with Gasteiger partial charge in [0.2, 0.25) is 0 Å². The number of ether oxygens (including phenoxy) is 4. The molecule has 3 aliphatic rings. The Morgan fingerprint density at radius 3 is 1.94 bits per heavy atom. The van der Waals surface area contributed by atoms with Crippen LogP contribution in [-0.2, 0) is 32.2 Å². The maximum absolute atomic E-state index is 13.7. The Labute approximate surface area is 200 Å². The first kappa shape index (κ1) is 24.2. The van der Waals surface area contributed by atoms with Gasteiger partial charge >= 0.3 is 12.3 Å². The van der Waals surface area contributed by atoms with Crippen molar-refractivity contribution in [3.63, 3.8) is 0 Å². The zero-order valence-corrected chi connectivity index (χ0v) is 18.9. The lowest BCUT2D eigenvalue weighted by molar-refractivity contribution is -0.0621. The molecular weight excluding hydrogens is 472 g/mol. The van der Waals surface area contributed by atoms with E-state index in [-0.39, 0.29) is 54.0 Å². The Kier molecular flexibility index (Phi) is 6.44. The molecule has 3 aliphatic carbocycles. The van der Waals surface area contributed by atoms with E-state index in [9.17, 15) is 18.4 Å². The van der Waals surface area contributed by atoms with Crippen molar-refractivity contribution in [1.82, 2.24) is 0 Å². The second-order valence-corrected chi connectivity index (χ2v) is 8.99. The molecule has 10 heteroatoms. The molecule has 182 valence electrons. The molecule has 34 heavy (non-hydrogen) atoms. The third kappa shape index (κ3) is 4.54. The van der Waals surface area contributed by atoms with Crippen LogP contribution < -0.4 is 5.73 Å². The Morgan fingerprint density at radius 1 is 0.882 bits per heavy atom. The summed E-state index contributed by atoms with van der Waals surface area (Å²) >= 11 is 0. The molecule has 0 unspecified atom stereocenters. The lowest BCUT2D eigenvalue weighted by Gasteiger charge is -2.28. The normalized spacial score (nSPS) is 27.2. The summed E-state index contributed by atoms with van der Waals surface area (Å²) in [5.41, 5.74) is 5.39. The summed E-state index contributed by atoms with van der Waals surface area (Å²) < 4.78 is 48.4. The third-order valence-electron chi connectivity index (χ3n) is 6.86. The van der Waals surface area contributed by atoms with Crippen LogP contribution in [0.3, 0.4) is 0 Å². The van der Waals surface area contributed by atoms with Crippen LogP contribution in [0.15, 0.2) is 48.5 Å². The van der Waals surface area contributed by atoms with Crippen molar-refractivity contribution in [2.45, 2.75) is 44.3 Å². The molecule has 2 aromatic carbocycles. The van der Waals surface area contributed by atoms with Crippen LogP contribution in [0.2, 0.25) is 0 Å². The molecular formula is C24H24ClF2NO6. The van der Waals surface area contributed by atoms with E-state index in [1.807, 2.05) is 0 Å². The molecule has 4 atom stereocenters. The predicted octanol–water partition coefficient (Wildman–Crippen LogP) is 4.85. The van der Waals surface area contributed by atoms with Gasteiger partial charge in [0.1, 0.15) is 31.0 Å². The molecule has 2 aromatic rings. The van der Waals surface area contributed by atoms with Gasteiger partial charge in [-0.1, -0.05) is 36.4 Å². The molecule has 0 aromatic heterocycles. The standard InChI is InChI=1S/C24H23F2NO6.ClH/c25-16-7-3-1-5-14(16)11-30-21(28)32-20-18-19(20)24(27,13-23(18)9-10-23)33-22(29)31-12-15-6-2-4-8-17(15)26;/h1-8,18-20H,9-13,27H2;1H/t18-,19-,20-,24-;/m0./s1. The zero-order chi connectivity index (χ0) is 23.2. The molecule has 7 nitrogen and oxygen atoms in total. The molecule has 0 saturated heterocycles. The average Bonchev–Trinajstić information content (AvgIpc) is 3.67. The van der Waals surface area contributed by atoms with Crippen LogP contribution in [0, 0.1) is 28.9 Å². The summed E-state index contributed by atoms with van der Waals surface area (Å²) in [5, 5.41) is 0. The second kappa shape index (κ2) is 9.03. The van der Waals surface area contributed by atoms with E-state index >= 15 is 0 Å². The number of hydrogen-bond acceptors (Lipinski definition) is 7. The first-order valence-corrected chi connectivity index (χ1v) is 10.8. The maximum atomic E-state index is 13.7. The Morgan fingerprint density at radius 2 is 1.41 bits per heavy atom. The summed E-state index contributed by atoms with van der Waals surface area (Å²) in [4.78, 5) is 24.5. The van der Waals surface area contributed by atoms with E-state index in [0.29, 0.717) is 6.42 Å². The van der Waals surface area contributed by atoms with Gasteiger partial charge < -0.3 is 18.9 Å². The summed E-state index contributed by atoms with van der Waals surface area (Å²) in [5.74, 6) is -1.39. The smallest absolute Gasteiger partial charge is 0.430 e. The number of halogens is 3. The van der Waals surface area contributed by atoms with Crippen molar-refractivity contribution in [2.75, 3.05) is 0 Å². The lowest BCUT2D eigenvalue weighted by atomic mass is 9.96. The molecule has 0 aliphatic heterocycles. The van der Waals surface area contributed by atoms with Gasteiger partial charge in [-0.05, 0) is 30.4 Å². The highest BCUT2D eigenvalue weighted by Crippen LogP contribution is 2.76. The molecule has 1 spiro atoms. The van der Waals surface area contributed by atoms with Crippen LogP contribution in [0.1, 0.15) is 30.4 Å². The van der Waals surface area contributed by atoms with Crippen LogP contribution in [-0.4, -0.2) is 24.1 Å². The number of carbonyl (C=O) groups is 2. The maximum Gasteiger partial charge on any atom is 0.510 e. The summed E-state index contributed by atoms with van der Waals surface area (Å²) in [7, 11) is 0. The van der Waals surface area contributed by atoms with Crippen LogP contribution in [0.25, 0.3) is 0 Å². The predicted molar refractivity (Wildman–Crippen MR) is 117 cm³/mol. The van der Waals surface area contributed by atoms with Gasteiger partial charge in [-0.2, -0.15) is 0 Å². The average molecular weight is 496 g/mol. The van der Waals surface area contributed by atoms with Crippen molar-refractivity contribution in [3.05, 3.63) is 71.3 Å². The minimum absolute atomic E-state index is 0. The monoisotopic (exact) mass is 495 g/mol. The number of fused-ring (bicyclic) bond motifs is 2. The van der Waals surface area contributed by atoms with Crippen molar-refractivity contribution < 1.29 is 37.3 Å². The SMILES string of the molecule is Cl.N[C@]1(OC(=O)OCc2ccccc2F)CC2(CC2)[C@@H]2[C@H](OC(=O)OCc3ccccc3F)[C@H]21.